The van der Waals surface area contributed by atoms with Crippen LogP contribution in [0.5, 0.6) is 0 Å². The SMILES string of the molecule is N#Cc1c(Cl)nsc1NCc1cccnc1-n1cccn1. The van der Waals surface area contributed by atoms with Crippen molar-refractivity contribution in [3.8, 4) is 11.9 Å². The van der Waals surface area contributed by atoms with Gasteiger partial charge in [0, 0.05) is 30.7 Å². The van der Waals surface area contributed by atoms with Crippen LogP contribution in [0.4, 0.5) is 5.00 Å². The van der Waals surface area contributed by atoms with E-state index in [-0.39, 0.29) is 5.15 Å². The molecule has 0 aliphatic heterocycles. The van der Waals surface area contributed by atoms with Gasteiger partial charge in [-0.25, -0.2) is 9.67 Å². The summed E-state index contributed by atoms with van der Waals surface area (Å²) in [7, 11) is 0. The smallest absolute Gasteiger partial charge is 0.162 e. The number of hydrogen-bond acceptors (Lipinski definition) is 6. The first kappa shape index (κ1) is 13.5. The minimum absolute atomic E-state index is 0.225. The molecule has 1 N–H and O–H groups in total. The Morgan fingerprint density at radius 3 is 3.05 bits per heavy atom. The third-order valence-electron chi connectivity index (χ3n) is 2.79. The molecule has 6 nitrogen and oxygen atoms in total. The summed E-state index contributed by atoms with van der Waals surface area (Å²) < 4.78 is 5.66. The van der Waals surface area contributed by atoms with E-state index < -0.39 is 0 Å². The maximum absolute atomic E-state index is 9.06. The van der Waals surface area contributed by atoms with E-state index in [1.165, 1.54) is 0 Å². The van der Waals surface area contributed by atoms with E-state index in [9.17, 15) is 0 Å². The molecule has 0 aliphatic rings. The summed E-state index contributed by atoms with van der Waals surface area (Å²) >= 11 is 7.01. The van der Waals surface area contributed by atoms with Crippen molar-refractivity contribution in [1.82, 2.24) is 19.1 Å². The molecule has 3 heterocycles. The van der Waals surface area contributed by atoms with Gasteiger partial charge in [-0.05, 0) is 23.7 Å². The second kappa shape index (κ2) is 5.91. The van der Waals surface area contributed by atoms with E-state index in [1.807, 2.05) is 30.5 Å². The van der Waals surface area contributed by atoms with Crippen LogP contribution >= 0.6 is 23.1 Å². The standard InChI is InChI=1S/C13H9ClN6S/c14-11-10(7-15)13(21-19-11)17-8-9-3-1-4-16-12(9)20-6-2-5-18-20/h1-6,17H,8H2. The maximum atomic E-state index is 9.06. The van der Waals surface area contributed by atoms with Gasteiger partial charge in [-0.1, -0.05) is 17.7 Å². The number of rotatable bonds is 4. The van der Waals surface area contributed by atoms with Crippen molar-refractivity contribution < 1.29 is 0 Å². The average molecular weight is 317 g/mol. The Hall–Kier alpha value is -2.43. The summed E-state index contributed by atoms with van der Waals surface area (Å²) in [5.74, 6) is 0.740. The molecule has 0 spiro atoms. The fourth-order valence-electron chi connectivity index (χ4n) is 1.83. The van der Waals surface area contributed by atoms with E-state index >= 15 is 0 Å². The monoisotopic (exact) mass is 316 g/mol. The number of nitrogens with zero attached hydrogens (tertiary/aromatic N) is 5. The predicted octanol–water partition coefficient (Wildman–Crippen LogP) is 2.86. The Bertz CT molecular complexity index is 789. The fraction of sp³-hybridized carbons (Fsp3) is 0.0769. The lowest BCUT2D eigenvalue weighted by atomic mass is 10.2. The molecule has 0 saturated carbocycles. The van der Waals surface area contributed by atoms with Crippen LogP contribution in [0.3, 0.4) is 0 Å². The largest absolute Gasteiger partial charge is 0.370 e. The van der Waals surface area contributed by atoms with E-state index in [1.54, 1.807) is 17.1 Å². The molecular formula is C13H9ClN6S. The number of halogens is 1. The Morgan fingerprint density at radius 1 is 1.38 bits per heavy atom. The van der Waals surface area contributed by atoms with Gasteiger partial charge in [0.25, 0.3) is 0 Å². The van der Waals surface area contributed by atoms with Crippen LogP contribution in [-0.2, 0) is 6.54 Å². The summed E-state index contributed by atoms with van der Waals surface area (Å²) in [6.45, 7) is 0.496. The molecule has 21 heavy (non-hydrogen) atoms. The van der Waals surface area contributed by atoms with Crippen molar-refractivity contribution in [3.05, 3.63) is 53.1 Å². The van der Waals surface area contributed by atoms with Crippen LogP contribution in [0, 0.1) is 11.3 Å². The molecule has 0 bridgehead atoms. The summed E-state index contributed by atoms with van der Waals surface area (Å²) in [5.41, 5.74) is 1.32. The Labute approximate surface area is 129 Å². The highest BCUT2D eigenvalue weighted by Gasteiger charge is 2.12. The second-order valence-corrected chi connectivity index (χ2v) is 5.21. The van der Waals surface area contributed by atoms with Crippen molar-refractivity contribution in [2.24, 2.45) is 0 Å². The normalized spacial score (nSPS) is 10.3. The lowest BCUT2D eigenvalue weighted by molar-refractivity contribution is 0.829. The molecule has 3 aromatic heterocycles. The van der Waals surface area contributed by atoms with Gasteiger partial charge in [0.05, 0.1) is 0 Å². The number of anilines is 1. The van der Waals surface area contributed by atoms with Gasteiger partial charge in [-0.2, -0.15) is 14.7 Å². The topological polar surface area (TPSA) is 79.4 Å². The summed E-state index contributed by atoms with van der Waals surface area (Å²) in [6, 6.07) is 7.68. The van der Waals surface area contributed by atoms with Gasteiger partial charge < -0.3 is 5.32 Å². The molecule has 3 aromatic rings. The lowest BCUT2D eigenvalue weighted by Gasteiger charge is -2.09. The van der Waals surface area contributed by atoms with Crippen LogP contribution in [0.15, 0.2) is 36.8 Å². The highest BCUT2D eigenvalue weighted by atomic mass is 35.5. The number of pyridine rings is 1. The lowest BCUT2D eigenvalue weighted by Crippen LogP contribution is -2.07. The Balaban J connectivity index is 1.85. The minimum atomic E-state index is 0.225. The first-order valence-electron chi connectivity index (χ1n) is 6.02. The van der Waals surface area contributed by atoms with Gasteiger partial charge in [0.2, 0.25) is 0 Å². The predicted molar refractivity (Wildman–Crippen MR) is 80.5 cm³/mol. The third-order valence-corrected chi connectivity index (χ3v) is 3.97. The van der Waals surface area contributed by atoms with Crippen molar-refractivity contribution in [2.75, 3.05) is 5.32 Å². The summed E-state index contributed by atoms with van der Waals surface area (Å²) in [4.78, 5) is 4.34. The first-order chi connectivity index (χ1) is 10.3. The van der Waals surface area contributed by atoms with E-state index in [2.05, 4.69) is 19.8 Å². The number of aromatic nitrogens is 4. The van der Waals surface area contributed by atoms with Gasteiger partial charge in [0.1, 0.15) is 16.6 Å². The number of hydrogen-bond donors (Lipinski definition) is 1. The molecule has 0 amide bonds. The minimum Gasteiger partial charge on any atom is -0.370 e. The zero-order chi connectivity index (χ0) is 14.7. The molecule has 3 rings (SSSR count). The number of nitriles is 1. The van der Waals surface area contributed by atoms with Crippen molar-refractivity contribution in [1.29, 1.82) is 5.26 Å². The molecule has 0 fully saturated rings. The zero-order valence-corrected chi connectivity index (χ0v) is 12.3. The molecule has 0 atom stereocenters. The van der Waals surface area contributed by atoms with Crippen molar-refractivity contribution in [3.63, 3.8) is 0 Å². The zero-order valence-electron chi connectivity index (χ0n) is 10.7. The van der Waals surface area contributed by atoms with E-state index in [4.69, 9.17) is 16.9 Å². The molecule has 104 valence electrons. The highest BCUT2D eigenvalue weighted by Crippen LogP contribution is 2.28. The quantitative estimate of drug-likeness (QED) is 0.800. The molecule has 0 aromatic carbocycles. The third kappa shape index (κ3) is 2.72. The average Bonchev–Trinajstić information content (AvgIpc) is 3.15. The summed E-state index contributed by atoms with van der Waals surface area (Å²) in [6.07, 6.45) is 5.24. The highest BCUT2D eigenvalue weighted by molar-refractivity contribution is 7.10. The second-order valence-electron chi connectivity index (χ2n) is 4.08. The van der Waals surface area contributed by atoms with Crippen LogP contribution in [-0.4, -0.2) is 19.1 Å². The van der Waals surface area contributed by atoms with E-state index in [0.717, 1.165) is 22.9 Å². The molecule has 8 heteroatoms. The Kier molecular flexibility index (Phi) is 3.81. The van der Waals surface area contributed by atoms with Crippen molar-refractivity contribution in [2.45, 2.75) is 6.54 Å². The van der Waals surface area contributed by atoms with Gasteiger partial charge in [-0.3, -0.25) is 0 Å². The molecular weight excluding hydrogens is 308 g/mol. The maximum Gasteiger partial charge on any atom is 0.162 e. The van der Waals surface area contributed by atoms with Gasteiger partial charge in [0.15, 0.2) is 11.0 Å². The van der Waals surface area contributed by atoms with Crippen LogP contribution < -0.4 is 5.32 Å². The molecule has 0 unspecified atom stereocenters. The van der Waals surface area contributed by atoms with E-state index in [0.29, 0.717) is 17.1 Å². The number of nitrogens with one attached hydrogen (secondary N) is 1. The molecule has 0 saturated heterocycles. The molecule has 0 radical (unpaired) electrons. The van der Waals surface area contributed by atoms with Crippen LogP contribution in [0.1, 0.15) is 11.1 Å². The van der Waals surface area contributed by atoms with Crippen LogP contribution in [0.25, 0.3) is 5.82 Å². The summed E-state index contributed by atoms with van der Waals surface area (Å²) in [5, 5.41) is 17.3. The van der Waals surface area contributed by atoms with Crippen molar-refractivity contribution >= 4 is 28.1 Å². The van der Waals surface area contributed by atoms with Crippen LogP contribution in [0.2, 0.25) is 5.15 Å². The van der Waals surface area contributed by atoms with Gasteiger partial charge >= 0.3 is 0 Å². The fourth-order valence-corrected chi connectivity index (χ4v) is 2.76. The Morgan fingerprint density at radius 2 is 2.29 bits per heavy atom. The van der Waals surface area contributed by atoms with Gasteiger partial charge in [-0.15, -0.1) is 0 Å². The first-order valence-corrected chi connectivity index (χ1v) is 7.18. The molecule has 0 aliphatic carbocycles.